The van der Waals surface area contributed by atoms with Crippen molar-refractivity contribution in [3.05, 3.63) is 52.7 Å². The van der Waals surface area contributed by atoms with Crippen molar-refractivity contribution in [3.63, 3.8) is 0 Å². The maximum atomic E-state index is 11.2. The monoisotopic (exact) mass is 275 g/mol. The Morgan fingerprint density at radius 2 is 2.11 bits per heavy atom. The number of aryl methyl sites for hydroxylation is 1. The van der Waals surface area contributed by atoms with Crippen LogP contribution in [0.25, 0.3) is 11.3 Å². The van der Waals surface area contributed by atoms with Crippen LogP contribution >= 0.6 is 11.6 Å². The molecule has 0 fully saturated rings. The second-order valence-corrected chi connectivity index (χ2v) is 4.63. The molecular formula is C15H14ClNO2. The van der Waals surface area contributed by atoms with Crippen molar-refractivity contribution in [2.45, 2.75) is 13.3 Å². The highest BCUT2D eigenvalue weighted by Crippen LogP contribution is 2.25. The molecule has 98 valence electrons. The van der Waals surface area contributed by atoms with Crippen LogP contribution in [0.5, 0.6) is 0 Å². The average Bonchev–Trinajstić information content (AvgIpc) is 2.41. The van der Waals surface area contributed by atoms with E-state index in [1.54, 1.807) is 0 Å². The topological polar surface area (TPSA) is 39.2 Å². The van der Waals surface area contributed by atoms with Gasteiger partial charge in [0.25, 0.3) is 0 Å². The first-order chi connectivity index (χ1) is 9.10. The fraction of sp³-hybridized carbons (Fsp3) is 0.200. The van der Waals surface area contributed by atoms with E-state index in [1.165, 1.54) is 7.11 Å². The molecule has 0 spiro atoms. The number of hydrogen-bond acceptors (Lipinski definition) is 3. The van der Waals surface area contributed by atoms with E-state index < -0.39 is 0 Å². The van der Waals surface area contributed by atoms with E-state index in [2.05, 4.69) is 9.72 Å². The Bertz CT molecular complexity index is 611. The van der Waals surface area contributed by atoms with Crippen LogP contribution in [-0.4, -0.2) is 18.1 Å². The molecule has 2 rings (SSSR count). The minimum Gasteiger partial charge on any atom is -0.469 e. The van der Waals surface area contributed by atoms with Crippen molar-refractivity contribution in [2.24, 2.45) is 0 Å². The van der Waals surface area contributed by atoms with Crippen LogP contribution in [0.1, 0.15) is 11.3 Å². The Morgan fingerprint density at radius 1 is 1.32 bits per heavy atom. The van der Waals surface area contributed by atoms with E-state index in [1.807, 2.05) is 43.3 Å². The highest BCUT2D eigenvalue weighted by Gasteiger charge is 2.09. The van der Waals surface area contributed by atoms with Gasteiger partial charge >= 0.3 is 5.97 Å². The molecule has 0 unspecified atom stereocenters. The van der Waals surface area contributed by atoms with E-state index >= 15 is 0 Å². The highest BCUT2D eigenvalue weighted by molar-refractivity contribution is 6.31. The number of ether oxygens (including phenoxy) is 1. The number of pyridine rings is 1. The molecule has 1 aromatic heterocycles. The lowest BCUT2D eigenvalue weighted by Gasteiger charge is -2.07. The van der Waals surface area contributed by atoms with Gasteiger partial charge in [-0.1, -0.05) is 29.8 Å². The summed E-state index contributed by atoms with van der Waals surface area (Å²) in [6.07, 6.45) is 0.177. The molecule has 0 aliphatic carbocycles. The van der Waals surface area contributed by atoms with Crippen molar-refractivity contribution in [1.82, 2.24) is 4.98 Å². The van der Waals surface area contributed by atoms with Gasteiger partial charge in [0.15, 0.2) is 0 Å². The van der Waals surface area contributed by atoms with Crippen LogP contribution in [-0.2, 0) is 16.0 Å². The third-order valence-corrected chi connectivity index (χ3v) is 3.15. The average molecular weight is 276 g/mol. The maximum Gasteiger partial charge on any atom is 0.310 e. The number of esters is 1. The van der Waals surface area contributed by atoms with Crippen LogP contribution in [0.3, 0.4) is 0 Å². The van der Waals surface area contributed by atoms with Gasteiger partial charge in [0.1, 0.15) is 0 Å². The van der Waals surface area contributed by atoms with Gasteiger partial charge in [-0.25, -0.2) is 0 Å². The lowest BCUT2D eigenvalue weighted by molar-refractivity contribution is -0.139. The van der Waals surface area contributed by atoms with Crippen molar-refractivity contribution >= 4 is 17.6 Å². The molecule has 2 aromatic rings. The predicted molar refractivity (Wildman–Crippen MR) is 75.1 cm³/mol. The molecule has 0 atom stereocenters. The summed E-state index contributed by atoms with van der Waals surface area (Å²) in [5, 5.41) is 0.547. The summed E-state index contributed by atoms with van der Waals surface area (Å²) in [5.41, 5.74) is 3.51. The van der Waals surface area contributed by atoms with Crippen molar-refractivity contribution in [1.29, 1.82) is 0 Å². The number of hydrogen-bond donors (Lipinski definition) is 0. The zero-order valence-electron chi connectivity index (χ0n) is 10.8. The van der Waals surface area contributed by atoms with Crippen molar-refractivity contribution < 1.29 is 9.53 Å². The lowest BCUT2D eigenvalue weighted by Crippen LogP contribution is -2.04. The first-order valence-corrected chi connectivity index (χ1v) is 6.27. The fourth-order valence-electron chi connectivity index (χ4n) is 1.78. The number of halogens is 1. The number of rotatable bonds is 3. The Morgan fingerprint density at radius 3 is 2.74 bits per heavy atom. The van der Waals surface area contributed by atoms with Crippen molar-refractivity contribution in [3.8, 4) is 11.3 Å². The summed E-state index contributed by atoms with van der Waals surface area (Å²) in [7, 11) is 1.36. The molecule has 0 aliphatic rings. The number of carbonyl (C=O) groups is 1. The molecule has 3 nitrogen and oxygen atoms in total. The Labute approximate surface area is 117 Å². The number of aromatic nitrogens is 1. The second-order valence-electron chi connectivity index (χ2n) is 4.22. The molecular weight excluding hydrogens is 262 g/mol. The molecule has 1 aromatic carbocycles. The van der Waals surface area contributed by atoms with E-state index in [0.29, 0.717) is 5.02 Å². The fourth-order valence-corrected chi connectivity index (χ4v) is 2.03. The minimum absolute atomic E-state index is 0.177. The highest BCUT2D eigenvalue weighted by atomic mass is 35.5. The maximum absolute atomic E-state index is 11.2. The van der Waals surface area contributed by atoms with Gasteiger partial charge in [0.2, 0.25) is 0 Å². The largest absolute Gasteiger partial charge is 0.469 e. The first-order valence-electron chi connectivity index (χ1n) is 5.89. The molecule has 0 N–H and O–H groups in total. The van der Waals surface area contributed by atoms with Gasteiger partial charge < -0.3 is 4.74 Å². The summed E-state index contributed by atoms with van der Waals surface area (Å²) in [5.74, 6) is -0.302. The SMILES string of the molecule is COC(=O)Cc1ccc(-c2cccc(C)n2)cc1Cl. The zero-order chi connectivity index (χ0) is 13.8. The molecule has 0 bridgehead atoms. The normalized spacial score (nSPS) is 10.3. The smallest absolute Gasteiger partial charge is 0.310 e. The van der Waals surface area contributed by atoms with E-state index in [-0.39, 0.29) is 12.4 Å². The summed E-state index contributed by atoms with van der Waals surface area (Å²) >= 11 is 6.18. The van der Waals surface area contributed by atoms with Gasteiger partial charge in [-0.3, -0.25) is 9.78 Å². The minimum atomic E-state index is -0.302. The molecule has 0 amide bonds. The Balaban J connectivity index is 2.31. The first kappa shape index (κ1) is 13.6. The van der Waals surface area contributed by atoms with E-state index in [9.17, 15) is 4.79 Å². The van der Waals surface area contributed by atoms with Crippen molar-refractivity contribution in [2.75, 3.05) is 7.11 Å². The van der Waals surface area contributed by atoms with Gasteiger partial charge in [0.05, 0.1) is 19.2 Å². The molecule has 19 heavy (non-hydrogen) atoms. The molecule has 4 heteroatoms. The molecule has 0 saturated heterocycles. The number of carbonyl (C=O) groups excluding carboxylic acids is 1. The summed E-state index contributed by atoms with van der Waals surface area (Å²) in [6, 6.07) is 11.4. The van der Waals surface area contributed by atoms with Crippen LogP contribution in [0.2, 0.25) is 5.02 Å². The Kier molecular flexibility index (Phi) is 4.17. The van der Waals surface area contributed by atoms with Crippen LogP contribution in [0, 0.1) is 6.92 Å². The Hall–Kier alpha value is -1.87. The lowest BCUT2D eigenvalue weighted by atomic mass is 10.1. The van der Waals surface area contributed by atoms with Crippen LogP contribution in [0.4, 0.5) is 0 Å². The molecule has 0 saturated carbocycles. The quantitative estimate of drug-likeness (QED) is 0.806. The summed E-state index contributed by atoms with van der Waals surface area (Å²) in [4.78, 5) is 15.7. The number of methoxy groups -OCH3 is 1. The van der Waals surface area contributed by atoms with E-state index in [0.717, 1.165) is 22.5 Å². The van der Waals surface area contributed by atoms with E-state index in [4.69, 9.17) is 11.6 Å². The van der Waals surface area contributed by atoms with Gasteiger partial charge in [-0.15, -0.1) is 0 Å². The standard InChI is InChI=1S/C15H14ClNO2/c1-10-4-3-5-14(17-10)12-7-6-11(13(16)8-12)9-15(18)19-2/h3-8H,9H2,1-2H3. The number of benzene rings is 1. The molecule has 0 aliphatic heterocycles. The number of nitrogens with zero attached hydrogens (tertiary/aromatic N) is 1. The third-order valence-electron chi connectivity index (χ3n) is 2.80. The van der Waals surface area contributed by atoms with Crippen LogP contribution in [0.15, 0.2) is 36.4 Å². The zero-order valence-corrected chi connectivity index (χ0v) is 11.6. The predicted octanol–water partition coefficient (Wildman–Crippen LogP) is 3.43. The van der Waals surface area contributed by atoms with Gasteiger partial charge in [-0.05, 0) is 30.7 Å². The summed E-state index contributed by atoms with van der Waals surface area (Å²) in [6.45, 7) is 1.94. The van der Waals surface area contributed by atoms with Gasteiger partial charge in [0, 0.05) is 16.3 Å². The van der Waals surface area contributed by atoms with Gasteiger partial charge in [-0.2, -0.15) is 0 Å². The summed E-state index contributed by atoms with van der Waals surface area (Å²) < 4.78 is 4.63. The second kappa shape index (κ2) is 5.85. The molecule has 0 radical (unpaired) electrons. The third kappa shape index (κ3) is 3.32. The van der Waals surface area contributed by atoms with Crippen LogP contribution < -0.4 is 0 Å². The molecule has 1 heterocycles.